The van der Waals surface area contributed by atoms with Gasteiger partial charge >= 0.3 is 5.97 Å². The van der Waals surface area contributed by atoms with Crippen molar-refractivity contribution in [2.24, 2.45) is 5.73 Å². The fourth-order valence-electron chi connectivity index (χ4n) is 1.41. The number of rotatable bonds is 6. The minimum Gasteiger partial charge on any atom is -0.494 e. The molecular weight excluding hydrogens is 218 g/mol. The lowest BCUT2D eigenvalue weighted by Crippen LogP contribution is -2.16. The lowest BCUT2D eigenvalue weighted by molar-refractivity contribution is -0.141. The van der Waals surface area contributed by atoms with Crippen LogP contribution in [0.4, 0.5) is 0 Å². The van der Waals surface area contributed by atoms with Gasteiger partial charge in [0, 0.05) is 6.04 Å². The molecule has 0 radical (unpaired) electrons. The molecule has 4 nitrogen and oxygen atoms in total. The Balaban J connectivity index is 2.57. The third-order valence-electron chi connectivity index (χ3n) is 2.40. The van der Waals surface area contributed by atoms with E-state index in [9.17, 15) is 4.79 Å². The van der Waals surface area contributed by atoms with E-state index < -0.39 is 0 Å². The molecule has 0 spiro atoms. The molecule has 0 heterocycles. The van der Waals surface area contributed by atoms with Crippen molar-refractivity contribution in [1.29, 1.82) is 0 Å². The lowest BCUT2D eigenvalue weighted by atomic mass is 10.0. The maximum Gasteiger partial charge on any atom is 0.307 e. The molecule has 1 rings (SSSR count). The van der Waals surface area contributed by atoms with Crippen molar-refractivity contribution in [3.8, 4) is 5.75 Å². The van der Waals surface area contributed by atoms with Crippen LogP contribution < -0.4 is 10.5 Å². The van der Waals surface area contributed by atoms with E-state index in [1.807, 2.05) is 24.3 Å². The van der Waals surface area contributed by atoms with Crippen molar-refractivity contribution >= 4 is 5.97 Å². The Hall–Kier alpha value is -1.55. The van der Waals surface area contributed by atoms with Crippen LogP contribution >= 0.6 is 0 Å². The van der Waals surface area contributed by atoms with Crippen LogP contribution in [0.3, 0.4) is 0 Å². The fourth-order valence-corrected chi connectivity index (χ4v) is 1.41. The number of hydrogen-bond donors (Lipinski definition) is 1. The van der Waals surface area contributed by atoms with Crippen LogP contribution in [0.2, 0.25) is 0 Å². The molecule has 0 saturated carbocycles. The third kappa shape index (κ3) is 4.44. The Labute approximate surface area is 102 Å². The molecule has 2 N–H and O–H groups in total. The highest BCUT2D eigenvalue weighted by molar-refractivity contribution is 5.70. The maximum atomic E-state index is 11.1. The van der Waals surface area contributed by atoms with E-state index in [0.29, 0.717) is 6.61 Å². The molecule has 0 amide bonds. The van der Waals surface area contributed by atoms with Gasteiger partial charge < -0.3 is 15.2 Å². The molecule has 17 heavy (non-hydrogen) atoms. The number of carbonyl (C=O) groups is 1. The van der Waals surface area contributed by atoms with Gasteiger partial charge in [-0.25, -0.2) is 0 Å². The van der Waals surface area contributed by atoms with Gasteiger partial charge in [0.25, 0.3) is 0 Å². The zero-order valence-corrected chi connectivity index (χ0v) is 10.3. The van der Waals surface area contributed by atoms with Crippen molar-refractivity contribution < 1.29 is 14.3 Å². The van der Waals surface area contributed by atoms with Crippen molar-refractivity contribution in [3.05, 3.63) is 29.8 Å². The van der Waals surface area contributed by atoms with Crippen molar-refractivity contribution in [3.63, 3.8) is 0 Å². The first-order chi connectivity index (χ1) is 8.17. The molecule has 0 aliphatic heterocycles. The van der Waals surface area contributed by atoms with E-state index >= 15 is 0 Å². The van der Waals surface area contributed by atoms with Crippen LogP contribution in [0, 0.1) is 0 Å². The number of hydrogen-bond acceptors (Lipinski definition) is 4. The van der Waals surface area contributed by atoms with Gasteiger partial charge in [-0.15, -0.1) is 0 Å². The molecule has 94 valence electrons. The Morgan fingerprint density at radius 2 is 2.00 bits per heavy atom. The van der Waals surface area contributed by atoms with Crippen molar-refractivity contribution in [2.75, 3.05) is 13.7 Å². The normalized spacial score (nSPS) is 11.9. The molecule has 0 bridgehead atoms. The van der Waals surface area contributed by atoms with Gasteiger partial charge in [0.15, 0.2) is 0 Å². The van der Waals surface area contributed by atoms with Crippen LogP contribution in [0.5, 0.6) is 5.75 Å². The quantitative estimate of drug-likeness (QED) is 0.769. The number of esters is 1. The van der Waals surface area contributed by atoms with Crippen LogP contribution in [0.25, 0.3) is 0 Å². The summed E-state index contributed by atoms with van der Waals surface area (Å²) in [5.74, 6) is 0.518. The van der Waals surface area contributed by atoms with Gasteiger partial charge in [-0.1, -0.05) is 19.1 Å². The zero-order valence-electron chi connectivity index (χ0n) is 10.3. The Bertz CT molecular complexity index is 348. The van der Waals surface area contributed by atoms with E-state index in [-0.39, 0.29) is 18.4 Å². The highest BCUT2D eigenvalue weighted by Crippen LogP contribution is 2.18. The summed E-state index contributed by atoms with van der Waals surface area (Å²) in [6.45, 7) is 2.76. The second-order valence-electron chi connectivity index (χ2n) is 3.80. The Morgan fingerprint density at radius 1 is 1.35 bits per heavy atom. The zero-order chi connectivity index (χ0) is 12.7. The summed E-state index contributed by atoms with van der Waals surface area (Å²) < 4.78 is 10.0. The monoisotopic (exact) mass is 237 g/mol. The van der Waals surface area contributed by atoms with Crippen LogP contribution in [0.15, 0.2) is 24.3 Å². The standard InChI is InChI=1S/C13H19NO3/c1-3-8-17-11-6-4-10(5-7-11)12(14)9-13(15)16-2/h4-7,12H,3,8-9,14H2,1-2H3/t12-/m0/s1. The molecule has 1 aromatic carbocycles. The molecule has 1 aromatic rings. The van der Waals surface area contributed by atoms with Gasteiger partial charge in [0.05, 0.1) is 20.1 Å². The van der Waals surface area contributed by atoms with Crippen LogP contribution in [-0.4, -0.2) is 19.7 Å². The van der Waals surface area contributed by atoms with Crippen LogP contribution in [0.1, 0.15) is 31.4 Å². The topological polar surface area (TPSA) is 61.5 Å². The molecule has 0 fully saturated rings. The highest BCUT2D eigenvalue weighted by Gasteiger charge is 2.11. The summed E-state index contributed by atoms with van der Waals surface area (Å²) >= 11 is 0. The first-order valence-corrected chi connectivity index (χ1v) is 5.72. The molecule has 1 atom stereocenters. The van der Waals surface area contributed by atoms with Gasteiger partial charge in [-0.05, 0) is 24.1 Å². The summed E-state index contributed by atoms with van der Waals surface area (Å²) in [5, 5.41) is 0. The van der Waals surface area contributed by atoms with Crippen LogP contribution in [-0.2, 0) is 9.53 Å². The van der Waals surface area contributed by atoms with Gasteiger partial charge in [0.1, 0.15) is 5.75 Å². The van der Waals surface area contributed by atoms with Gasteiger partial charge in [-0.2, -0.15) is 0 Å². The van der Waals surface area contributed by atoms with E-state index in [2.05, 4.69) is 11.7 Å². The first kappa shape index (κ1) is 13.5. The predicted molar refractivity (Wildman–Crippen MR) is 65.8 cm³/mol. The number of ether oxygens (including phenoxy) is 2. The number of benzene rings is 1. The van der Waals surface area contributed by atoms with E-state index in [0.717, 1.165) is 17.7 Å². The number of methoxy groups -OCH3 is 1. The molecule has 0 aromatic heterocycles. The smallest absolute Gasteiger partial charge is 0.307 e. The fraction of sp³-hybridized carbons (Fsp3) is 0.462. The average Bonchev–Trinajstić information content (AvgIpc) is 2.36. The third-order valence-corrected chi connectivity index (χ3v) is 2.40. The Morgan fingerprint density at radius 3 is 2.53 bits per heavy atom. The average molecular weight is 237 g/mol. The summed E-state index contributed by atoms with van der Waals surface area (Å²) in [7, 11) is 1.36. The molecular formula is C13H19NO3. The number of nitrogens with two attached hydrogens (primary N) is 1. The molecule has 4 heteroatoms. The minimum atomic E-state index is -0.331. The first-order valence-electron chi connectivity index (χ1n) is 5.72. The summed E-state index contributed by atoms with van der Waals surface area (Å²) in [6.07, 6.45) is 1.16. The van der Waals surface area contributed by atoms with E-state index in [1.165, 1.54) is 7.11 Å². The SMILES string of the molecule is CCCOc1ccc([C@@H](N)CC(=O)OC)cc1. The Kier molecular flexibility index (Phi) is 5.49. The minimum absolute atomic E-state index is 0.186. The van der Waals surface area contributed by atoms with Crippen molar-refractivity contribution in [1.82, 2.24) is 0 Å². The molecule has 0 unspecified atom stereocenters. The molecule has 0 aliphatic rings. The summed E-state index contributed by atoms with van der Waals surface area (Å²) in [5.41, 5.74) is 6.78. The second kappa shape index (κ2) is 6.91. The lowest BCUT2D eigenvalue weighted by Gasteiger charge is -2.11. The van der Waals surface area contributed by atoms with E-state index in [4.69, 9.17) is 10.5 Å². The highest BCUT2D eigenvalue weighted by atomic mass is 16.5. The predicted octanol–water partition coefficient (Wildman–Crippen LogP) is 2.04. The second-order valence-corrected chi connectivity index (χ2v) is 3.80. The summed E-state index contributed by atoms with van der Waals surface area (Å²) in [4.78, 5) is 11.1. The largest absolute Gasteiger partial charge is 0.494 e. The summed E-state index contributed by atoms with van der Waals surface area (Å²) in [6, 6.07) is 7.14. The van der Waals surface area contributed by atoms with Gasteiger partial charge in [-0.3, -0.25) is 4.79 Å². The van der Waals surface area contributed by atoms with Gasteiger partial charge in [0.2, 0.25) is 0 Å². The number of carbonyl (C=O) groups excluding carboxylic acids is 1. The maximum absolute atomic E-state index is 11.1. The van der Waals surface area contributed by atoms with E-state index in [1.54, 1.807) is 0 Å². The molecule has 0 saturated heterocycles. The molecule has 0 aliphatic carbocycles. The van der Waals surface area contributed by atoms with Crippen molar-refractivity contribution in [2.45, 2.75) is 25.8 Å².